The molecule has 0 saturated carbocycles. The van der Waals surface area contributed by atoms with Gasteiger partial charge >= 0.3 is 5.97 Å². The fourth-order valence-electron chi connectivity index (χ4n) is 3.87. The third-order valence-electron chi connectivity index (χ3n) is 5.50. The van der Waals surface area contributed by atoms with Crippen molar-refractivity contribution in [3.8, 4) is 5.75 Å². The Bertz CT molecular complexity index is 1240. The number of non-ortho nitro benzene ring substituents is 1. The highest BCUT2D eigenvalue weighted by molar-refractivity contribution is 6.31. The minimum absolute atomic E-state index is 0.0154. The summed E-state index contributed by atoms with van der Waals surface area (Å²) in [4.78, 5) is 36.6. The number of rotatable bonds is 7. The number of nitrogens with zero attached hydrogens (tertiary/aromatic N) is 1. The molecule has 9 heteroatoms. The first-order valence-corrected chi connectivity index (χ1v) is 11.0. The lowest BCUT2D eigenvalue weighted by molar-refractivity contribution is -0.384. The summed E-state index contributed by atoms with van der Waals surface area (Å²) in [5.74, 6) is -1.40. The van der Waals surface area contributed by atoms with Crippen LogP contribution in [0, 0.1) is 16.0 Å². The van der Waals surface area contributed by atoms with Gasteiger partial charge in [0.25, 0.3) is 5.69 Å². The van der Waals surface area contributed by atoms with Crippen LogP contribution in [0.4, 0.5) is 17.1 Å². The Morgan fingerprint density at radius 1 is 1.15 bits per heavy atom. The number of ketones is 1. The number of nitro groups is 1. The monoisotopic (exact) mass is 480 g/mol. The van der Waals surface area contributed by atoms with Crippen molar-refractivity contribution in [2.75, 3.05) is 11.9 Å². The molecule has 1 aliphatic heterocycles. The maximum absolute atomic E-state index is 13.4. The van der Waals surface area contributed by atoms with Crippen LogP contribution >= 0.6 is 11.6 Å². The molecule has 0 spiro atoms. The summed E-state index contributed by atoms with van der Waals surface area (Å²) >= 11 is 6.09. The maximum atomic E-state index is 13.4. The van der Waals surface area contributed by atoms with Crippen LogP contribution in [0.2, 0.25) is 5.02 Å². The highest BCUT2D eigenvalue weighted by atomic mass is 35.5. The summed E-state index contributed by atoms with van der Waals surface area (Å²) in [5.41, 5.74) is 2.41. The summed E-state index contributed by atoms with van der Waals surface area (Å²) in [6.07, 6.45) is -0.904. The van der Waals surface area contributed by atoms with Gasteiger partial charge in [0.2, 0.25) is 6.10 Å². The Morgan fingerprint density at radius 2 is 1.88 bits per heavy atom. The fourth-order valence-corrected chi connectivity index (χ4v) is 4.04. The van der Waals surface area contributed by atoms with Crippen LogP contribution in [0.3, 0.4) is 0 Å². The number of nitro benzene ring substituents is 1. The number of nitrogens with one attached hydrogen (secondary N) is 1. The number of hydrogen-bond donors (Lipinski definition) is 1. The Hall–Kier alpha value is -3.91. The number of hydrogen-bond acceptors (Lipinski definition) is 7. The zero-order valence-electron chi connectivity index (χ0n) is 18.2. The molecule has 1 heterocycles. The fraction of sp³-hybridized carbons (Fsp3) is 0.200. The molecule has 3 aromatic carbocycles. The first-order chi connectivity index (χ1) is 16.4. The number of fused-ring (bicyclic) bond motifs is 1. The normalized spacial score (nSPS) is 16.8. The van der Waals surface area contributed by atoms with Gasteiger partial charge in [-0.3, -0.25) is 14.9 Å². The van der Waals surface area contributed by atoms with E-state index in [2.05, 4.69) is 5.32 Å². The van der Waals surface area contributed by atoms with Crippen molar-refractivity contribution in [3.05, 3.63) is 93.0 Å². The smallest absolute Gasteiger partial charge is 0.348 e. The van der Waals surface area contributed by atoms with E-state index >= 15 is 0 Å². The zero-order valence-corrected chi connectivity index (χ0v) is 19.0. The number of para-hydroxylation sites is 1. The van der Waals surface area contributed by atoms with Crippen LogP contribution in [-0.2, 0) is 16.0 Å². The van der Waals surface area contributed by atoms with E-state index in [4.69, 9.17) is 21.1 Å². The predicted molar refractivity (Wildman–Crippen MR) is 127 cm³/mol. The highest BCUT2D eigenvalue weighted by Crippen LogP contribution is 2.36. The molecule has 2 atom stereocenters. The average Bonchev–Trinajstić information content (AvgIpc) is 2.82. The Labute approximate surface area is 200 Å². The van der Waals surface area contributed by atoms with Gasteiger partial charge in [0.05, 0.1) is 23.0 Å². The molecular weight excluding hydrogens is 460 g/mol. The lowest BCUT2D eigenvalue weighted by atomic mass is 9.84. The quantitative estimate of drug-likeness (QED) is 0.275. The van der Waals surface area contributed by atoms with Crippen LogP contribution < -0.4 is 10.1 Å². The number of esters is 1. The van der Waals surface area contributed by atoms with Gasteiger partial charge in [-0.25, -0.2) is 4.79 Å². The molecule has 1 N–H and O–H groups in total. The molecule has 0 radical (unpaired) electrons. The molecule has 8 nitrogen and oxygen atoms in total. The minimum atomic E-state index is -1.10. The summed E-state index contributed by atoms with van der Waals surface area (Å²) in [5, 5.41) is 14.5. The lowest BCUT2D eigenvalue weighted by Gasteiger charge is -2.31. The van der Waals surface area contributed by atoms with E-state index in [0.29, 0.717) is 27.7 Å². The van der Waals surface area contributed by atoms with Crippen molar-refractivity contribution in [2.45, 2.75) is 19.4 Å². The Balaban J connectivity index is 1.65. The second-order valence-corrected chi connectivity index (χ2v) is 8.13. The SMILES string of the molecule is CCOC(=O)C1Oc2ccc(Cl)cc2C(=O)C1Cc1ccccc1Nc1ccc([N+](=O)[O-])cc1. The number of anilines is 2. The minimum Gasteiger partial charge on any atom is -0.477 e. The molecule has 1 aliphatic rings. The van der Waals surface area contributed by atoms with Gasteiger partial charge in [0.1, 0.15) is 5.75 Å². The van der Waals surface area contributed by atoms with Crippen LogP contribution in [0.25, 0.3) is 0 Å². The lowest BCUT2D eigenvalue weighted by Crippen LogP contribution is -2.45. The van der Waals surface area contributed by atoms with E-state index in [9.17, 15) is 19.7 Å². The van der Waals surface area contributed by atoms with Gasteiger partial charge in [0, 0.05) is 28.5 Å². The van der Waals surface area contributed by atoms with E-state index < -0.39 is 22.9 Å². The van der Waals surface area contributed by atoms with Crippen LogP contribution in [0.15, 0.2) is 66.7 Å². The predicted octanol–water partition coefficient (Wildman–Crippen LogP) is 5.36. The first-order valence-electron chi connectivity index (χ1n) is 10.6. The molecule has 34 heavy (non-hydrogen) atoms. The number of benzene rings is 3. The average molecular weight is 481 g/mol. The van der Waals surface area contributed by atoms with Crippen LogP contribution in [0.1, 0.15) is 22.8 Å². The molecule has 0 amide bonds. The third kappa shape index (κ3) is 4.87. The summed E-state index contributed by atoms with van der Waals surface area (Å²) < 4.78 is 11.1. The first kappa shape index (κ1) is 23.3. The molecule has 0 aromatic heterocycles. The van der Waals surface area contributed by atoms with Gasteiger partial charge in [-0.15, -0.1) is 0 Å². The number of Topliss-reactive ketones (excluding diaryl/α,β-unsaturated/α-hetero) is 1. The summed E-state index contributed by atoms with van der Waals surface area (Å²) in [6.45, 7) is 1.85. The van der Waals surface area contributed by atoms with Crippen molar-refractivity contribution in [1.29, 1.82) is 0 Å². The summed E-state index contributed by atoms with van der Waals surface area (Å²) in [7, 11) is 0. The van der Waals surface area contributed by atoms with E-state index in [0.717, 1.165) is 5.56 Å². The van der Waals surface area contributed by atoms with Crippen molar-refractivity contribution < 1.29 is 24.0 Å². The molecular formula is C25H21ClN2O6. The van der Waals surface area contributed by atoms with Gasteiger partial charge in [-0.1, -0.05) is 29.8 Å². The van der Waals surface area contributed by atoms with Crippen molar-refractivity contribution in [3.63, 3.8) is 0 Å². The van der Waals surface area contributed by atoms with Crippen molar-refractivity contribution >= 4 is 40.4 Å². The zero-order chi connectivity index (χ0) is 24.2. The number of ether oxygens (including phenoxy) is 2. The number of carbonyl (C=O) groups excluding carboxylic acids is 2. The Kier molecular flexibility index (Phi) is 6.79. The van der Waals surface area contributed by atoms with Gasteiger partial charge < -0.3 is 14.8 Å². The van der Waals surface area contributed by atoms with E-state index in [1.165, 1.54) is 18.2 Å². The molecule has 3 aromatic rings. The molecule has 0 bridgehead atoms. The van der Waals surface area contributed by atoms with Crippen LogP contribution in [0.5, 0.6) is 5.75 Å². The topological polar surface area (TPSA) is 108 Å². The largest absolute Gasteiger partial charge is 0.477 e. The second-order valence-electron chi connectivity index (χ2n) is 7.69. The molecule has 4 rings (SSSR count). The summed E-state index contributed by atoms with van der Waals surface area (Å²) in [6, 6.07) is 18.0. The molecule has 0 saturated heterocycles. The second kappa shape index (κ2) is 9.93. The highest BCUT2D eigenvalue weighted by Gasteiger charge is 2.42. The van der Waals surface area contributed by atoms with Gasteiger partial charge in [0.15, 0.2) is 5.78 Å². The molecule has 2 unspecified atom stereocenters. The molecule has 0 fully saturated rings. The van der Waals surface area contributed by atoms with Crippen molar-refractivity contribution in [1.82, 2.24) is 0 Å². The number of carbonyl (C=O) groups is 2. The third-order valence-corrected chi connectivity index (χ3v) is 5.73. The van der Waals surface area contributed by atoms with E-state index in [-0.39, 0.29) is 24.5 Å². The van der Waals surface area contributed by atoms with E-state index in [1.54, 1.807) is 31.2 Å². The van der Waals surface area contributed by atoms with Crippen LogP contribution in [-0.4, -0.2) is 29.4 Å². The molecule has 174 valence electrons. The van der Waals surface area contributed by atoms with Gasteiger partial charge in [-0.05, 0) is 55.3 Å². The Morgan fingerprint density at radius 3 is 2.59 bits per heavy atom. The maximum Gasteiger partial charge on any atom is 0.348 e. The number of halogens is 1. The standard InChI is InChI=1S/C25H21ClN2O6/c1-2-33-25(30)24-20(23(29)19-14-16(26)7-12-22(19)34-24)13-15-5-3-4-6-21(15)27-17-8-10-18(11-9-17)28(31)32/h3-12,14,20,24,27H,2,13H2,1H3. The van der Waals surface area contributed by atoms with Gasteiger partial charge in [-0.2, -0.15) is 0 Å². The van der Waals surface area contributed by atoms with E-state index in [1.807, 2.05) is 24.3 Å². The molecule has 0 aliphatic carbocycles. The van der Waals surface area contributed by atoms with Crippen molar-refractivity contribution in [2.24, 2.45) is 5.92 Å².